The maximum absolute atomic E-state index is 13.1. The van der Waals surface area contributed by atoms with E-state index in [-0.39, 0.29) is 12.5 Å². The quantitative estimate of drug-likeness (QED) is 0.201. The molecule has 0 saturated heterocycles. The van der Waals surface area contributed by atoms with E-state index in [2.05, 4.69) is 56.5 Å². The van der Waals surface area contributed by atoms with Gasteiger partial charge in [0, 0.05) is 23.7 Å². The Hall–Kier alpha value is -2.15. The summed E-state index contributed by atoms with van der Waals surface area (Å²) >= 11 is 1.79. The third-order valence-electron chi connectivity index (χ3n) is 6.84. The van der Waals surface area contributed by atoms with E-state index in [1.54, 1.807) is 11.8 Å². The molecule has 0 fully saturated rings. The summed E-state index contributed by atoms with van der Waals surface area (Å²) in [5.41, 5.74) is 6.63. The zero-order chi connectivity index (χ0) is 25.8. The number of thioether (sulfide) groups is 1. The highest BCUT2D eigenvalue weighted by Gasteiger charge is 2.28. The molecule has 0 aromatic heterocycles. The molecule has 2 aromatic carbocycles. The highest BCUT2D eigenvalue weighted by atomic mass is 32.2. The van der Waals surface area contributed by atoms with Crippen molar-refractivity contribution in [2.24, 2.45) is 0 Å². The Kier molecular flexibility index (Phi) is 12.0. The molecular formula is C29H44N3O2S+. The number of likely N-dealkylation sites (N-methyl/N-ethyl adjacent to an activating group) is 1. The smallest absolute Gasteiger partial charge is 0.238 e. The standard InChI is InChI=1S/C29H43N3O2S/c1-7-15-32(8-2,20-26(33)18-27-22(3)11-9-12-23(27)4)16-17-35-21-30-19-28(34)31-29-24(5)13-10-14-25(29)6/h9-14,30H,7-8,15-21H2,1-6H3/p+1. The predicted octanol–water partition coefficient (Wildman–Crippen LogP) is 5.20. The van der Waals surface area contributed by atoms with Gasteiger partial charge in [0.2, 0.25) is 5.91 Å². The van der Waals surface area contributed by atoms with Crippen molar-refractivity contribution >= 4 is 29.1 Å². The second kappa shape index (κ2) is 14.4. The fraction of sp³-hybridized carbons (Fsp3) is 0.517. The van der Waals surface area contributed by atoms with Crippen LogP contribution >= 0.6 is 11.8 Å². The fourth-order valence-corrected chi connectivity index (χ4v) is 5.60. The summed E-state index contributed by atoms with van der Waals surface area (Å²) < 4.78 is 0.834. The Morgan fingerprint density at radius 1 is 0.886 bits per heavy atom. The van der Waals surface area contributed by atoms with Crippen LogP contribution in [0, 0.1) is 27.7 Å². The van der Waals surface area contributed by atoms with E-state index in [1.165, 1.54) is 16.7 Å². The highest BCUT2D eigenvalue weighted by Crippen LogP contribution is 2.19. The molecule has 192 valence electrons. The van der Waals surface area contributed by atoms with E-state index in [0.717, 1.165) is 53.1 Å². The number of amides is 1. The van der Waals surface area contributed by atoms with Crippen molar-refractivity contribution in [3.63, 3.8) is 0 Å². The Morgan fingerprint density at radius 2 is 1.49 bits per heavy atom. The van der Waals surface area contributed by atoms with Crippen molar-refractivity contribution < 1.29 is 14.1 Å². The highest BCUT2D eigenvalue weighted by molar-refractivity contribution is 7.99. The van der Waals surface area contributed by atoms with Crippen LogP contribution in [0.3, 0.4) is 0 Å². The third kappa shape index (κ3) is 9.10. The number of anilines is 1. The van der Waals surface area contributed by atoms with Gasteiger partial charge in [-0.15, -0.1) is 11.8 Å². The van der Waals surface area contributed by atoms with Gasteiger partial charge in [0.05, 0.1) is 26.2 Å². The summed E-state index contributed by atoms with van der Waals surface area (Å²) in [6, 6.07) is 12.3. The zero-order valence-corrected chi connectivity index (χ0v) is 23.3. The van der Waals surface area contributed by atoms with Gasteiger partial charge in [-0.25, -0.2) is 0 Å². The first-order chi connectivity index (χ1) is 16.7. The van der Waals surface area contributed by atoms with Gasteiger partial charge in [-0.2, -0.15) is 0 Å². The molecule has 2 N–H and O–H groups in total. The van der Waals surface area contributed by atoms with Crippen LogP contribution in [0.25, 0.3) is 0 Å². The van der Waals surface area contributed by atoms with E-state index < -0.39 is 0 Å². The molecule has 0 aliphatic heterocycles. The summed E-state index contributed by atoms with van der Waals surface area (Å²) in [7, 11) is 0. The van der Waals surface area contributed by atoms with E-state index in [1.807, 2.05) is 32.0 Å². The molecule has 0 spiro atoms. The molecular weight excluding hydrogens is 454 g/mol. The summed E-state index contributed by atoms with van der Waals surface area (Å²) in [5.74, 6) is 1.97. The van der Waals surface area contributed by atoms with Gasteiger partial charge < -0.3 is 9.80 Å². The Bertz CT molecular complexity index is 951. The normalized spacial score (nSPS) is 12.9. The number of rotatable bonds is 15. The molecule has 1 amide bonds. The monoisotopic (exact) mass is 498 g/mol. The van der Waals surface area contributed by atoms with Crippen molar-refractivity contribution in [2.75, 3.05) is 49.7 Å². The summed E-state index contributed by atoms with van der Waals surface area (Å²) in [5, 5.41) is 6.26. The number of para-hydroxylation sites is 1. The maximum atomic E-state index is 13.1. The van der Waals surface area contributed by atoms with Crippen molar-refractivity contribution in [2.45, 2.75) is 54.4 Å². The molecule has 5 nitrogen and oxygen atoms in total. The minimum Gasteiger partial charge on any atom is -0.324 e. The van der Waals surface area contributed by atoms with Gasteiger partial charge in [-0.05, 0) is 68.9 Å². The number of carbonyl (C=O) groups is 2. The molecule has 1 atom stereocenters. The van der Waals surface area contributed by atoms with Gasteiger partial charge in [-0.1, -0.05) is 43.3 Å². The summed E-state index contributed by atoms with van der Waals surface area (Å²) in [4.78, 5) is 25.4. The maximum Gasteiger partial charge on any atom is 0.238 e. The lowest BCUT2D eigenvalue weighted by molar-refractivity contribution is -0.916. The van der Waals surface area contributed by atoms with E-state index >= 15 is 0 Å². The number of nitrogens with one attached hydrogen (secondary N) is 2. The number of hydrogen-bond acceptors (Lipinski definition) is 4. The van der Waals surface area contributed by atoms with Gasteiger partial charge in [0.1, 0.15) is 6.54 Å². The van der Waals surface area contributed by atoms with Gasteiger partial charge in [0.25, 0.3) is 0 Å². The van der Waals surface area contributed by atoms with Crippen molar-refractivity contribution in [1.29, 1.82) is 0 Å². The zero-order valence-electron chi connectivity index (χ0n) is 22.5. The van der Waals surface area contributed by atoms with Gasteiger partial charge in [0.15, 0.2) is 5.78 Å². The first-order valence-electron chi connectivity index (χ1n) is 12.8. The number of benzene rings is 2. The molecule has 0 bridgehead atoms. The number of aryl methyl sites for hydroxylation is 4. The number of nitrogens with zero attached hydrogens (tertiary/aromatic N) is 1. The second-order valence-corrected chi connectivity index (χ2v) is 10.7. The van der Waals surface area contributed by atoms with Crippen LogP contribution in [0.2, 0.25) is 0 Å². The SMILES string of the molecule is CCC[N+](CC)(CCSCNCC(=O)Nc1c(C)cccc1C)CC(=O)Cc1c(C)cccc1C. The molecule has 0 aliphatic carbocycles. The Morgan fingerprint density at radius 3 is 2.06 bits per heavy atom. The number of carbonyl (C=O) groups excluding carboxylic acids is 2. The Balaban J connectivity index is 1.80. The van der Waals surface area contributed by atoms with Crippen molar-refractivity contribution in [3.05, 3.63) is 64.2 Å². The van der Waals surface area contributed by atoms with Crippen molar-refractivity contribution in [1.82, 2.24) is 5.32 Å². The lowest BCUT2D eigenvalue weighted by Gasteiger charge is -2.37. The molecule has 6 heteroatoms. The lowest BCUT2D eigenvalue weighted by atomic mass is 9.97. The minimum atomic E-state index is -0.0234. The summed E-state index contributed by atoms with van der Waals surface area (Å²) in [6.45, 7) is 16.4. The lowest BCUT2D eigenvalue weighted by Crippen LogP contribution is -2.53. The molecule has 0 saturated carbocycles. The molecule has 0 heterocycles. The van der Waals surface area contributed by atoms with Gasteiger partial charge in [-0.3, -0.25) is 14.9 Å². The molecule has 35 heavy (non-hydrogen) atoms. The average molecular weight is 499 g/mol. The molecule has 2 aromatic rings. The predicted molar refractivity (Wildman–Crippen MR) is 150 cm³/mol. The Labute approximate surface area is 216 Å². The van der Waals surface area contributed by atoms with E-state index in [9.17, 15) is 9.59 Å². The number of quaternary nitrogens is 1. The van der Waals surface area contributed by atoms with E-state index in [0.29, 0.717) is 24.6 Å². The fourth-order valence-electron chi connectivity index (χ4n) is 4.69. The van der Waals surface area contributed by atoms with Crippen LogP contribution in [0.4, 0.5) is 5.69 Å². The molecule has 1 unspecified atom stereocenters. The van der Waals surface area contributed by atoms with Gasteiger partial charge >= 0.3 is 0 Å². The van der Waals surface area contributed by atoms with Crippen LogP contribution in [0.5, 0.6) is 0 Å². The number of Topliss-reactive ketones (excluding diaryl/α,β-unsaturated/α-hetero) is 1. The molecule has 0 radical (unpaired) electrons. The van der Waals surface area contributed by atoms with Crippen LogP contribution in [0.1, 0.15) is 48.1 Å². The molecule has 0 aliphatic rings. The van der Waals surface area contributed by atoms with Crippen LogP contribution in [-0.2, 0) is 16.0 Å². The topological polar surface area (TPSA) is 58.2 Å². The van der Waals surface area contributed by atoms with E-state index in [4.69, 9.17) is 0 Å². The first kappa shape index (κ1) is 29.1. The number of ketones is 1. The van der Waals surface area contributed by atoms with Crippen LogP contribution in [0.15, 0.2) is 36.4 Å². The number of hydrogen-bond donors (Lipinski definition) is 2. The third-order valence-corrected chi connectivity index (χ3v) is 7.72. The van der Waals surface area contributed by atoms with Crippen LogP contribution < -0.4 is 10.6 Å². The average Bonchev–Trinajstić information content (AvgIpc) is 2.81. The first-order valence-corrected chi connectivity index (χ1v) is 13.9. The second-order valence-electron chi connectivity index (χ2n) is 9.64. The molecule has 2 rings (SSSR count). The minimum absolute atomic E-state index is 0.0234. The van der Waals surface area contributed by atoms with Crippen LogP contribution in [-0.4, -0.2) is 60.5 Å². The van der Waals surface area contributed by atoms with Crippen molar-refractivity contribution in [3.8, 4) is 0 Å². The largest absolute Gasteiger partial charge is 0.324 e. The summed E-state index contributed by atoms with van der Waals surface area (Å²) in [6.07, 6.45) is 1.58.